The number of halogens is 1. The molecule has 1 aromatic heterocycles. The Morgan fingerprint density at radius 2 is 2.00 bits per heavy atom. The summed E-state index contributed by atoms with van der Waals surface area (Å²) in [5.74, 6) is -0.600. The van der Waals surface area contributed by atoms with Crippen LogP contribution in [0.25, 0.3) is 0 Å². The predicted molar refractivity (Wildman–Crippen MR) is 96.3 cm³/mol. The number of hydrogen-bond donors (Lipinski definition) is 2. The average molecular weight is 432 g/mol. The molecule has 1 unspecified atom stereocenters. The molecule has 26 heavy (non-hydrogen) atoms. The van der Waals surface area contributed by atoms with Crippen molar-refractivity contribution < 1.29 is 24.2 Å². The van der Waals surface area contributed by atoms with E-state index in [4.69, 9.17) is 15.6 Å². The summed E-state index contributed by atoms with van der Waals surface area (Å²) in [6.07, 6.45) is -1.22. The molecule has 0 radical (unpaired) electrons. The van der Waals surface area contributed by atoms with Gasteiger partial charge in [0, 0.05) is 20.1 Å². The molecule has 1 aliphatic rings. The molecule has 10 nitrogen and oxygen atoms in total. The van der Waals surface area contributed by atoms with E-state index >= 15 is 0 Å². The lowest BCUT2D eigenvalue weighted by atomic mass is 10.2. The summed E-state index contributed by atoms with van der Waals surface area (Å²) in [5, 5.41) is 13.4. The van der Waals surface area contributed by atoms with Crippen LogP contribution >= 0.6 is 15.9 Å². The lowest BCUT2D eigenvalue weighted by Crippen LogP contribution is -2.37. The highest BCUT2D eigenvalue weighted by atomic mass is 79.9. The quantitative estimate of drug-likeness (QED) is 0.752. The number of amides is 3. The van der Waals surface area contributed by atoms with Crippen molar-refractivity contribution in [2.75, 3.05) is 25.0 Å². The van der Waals surface area contributed by atoms with Crippen LogP contribution in [0.4, 0.5) is 15.4 Å². The van der Waals surface area contributed by atoms with Crippen molar-refractivity contribution in [1.29, 1.82) is 0 Å². The second-order valence-corrected chi connectivity index (χ2v) is 7.76. The van der Waals surface area contributed by atoms with Gasteiger partial charge in [-0.1, -0.05) is 0 Å². The van der Waals surface area contributed by atoms with Gasteiger partial charge in [-0.2, -0.15) is 5.10 Å². The third-order valence-corrected chi connectivity index (χ3v) is 4.41. The van der Waals surface area contributed by atoms with Crippen molar-refractivity contribution in [2.45, 2.75) is 38.8 Å². The lowest BCUT2D eigenvalue weighted by Gasteiger charge is -2.26. The van der Waals surface area contributed by atoms with Gasteiger partial charge in [-0.3, -0.25) is 9.69 Å². The Bertz CT molecular complexity index is 742. The molecule has 2 heterocycles. The van der Waals surface area contributed by atoms with E-state index in [-0.39, 0.29) is 28.6 Å². The molecular formula is C15H22BrN5O5. The Labute approximate surface area is 159 Å². The highest BCUT2D eigenvalue weighted by molar-refractivity contribution is 9.10. The maximum atomic E-state index is 12.5. The fourth-order valence-electron chi connectivity index (χ4n) is 2.72. The van der Waals surface area contributed by atoms with E-state index < -0.39 is 23.7 Å². The van der Waals surface area contributed by atoms with E-state index in [0.29, 0.717) is 13.0 Å². The van der Waals surface area contributed by atoms with Gasteiger partial charge in [0.05, 0.1) is 6.04 Å². The van der Waals surface area contributed by atoms with Crippen LogP contribution in [0.1, 0.15) is 43.6 Å². The predicted octanol–water partition coefficient (Wildman–Crippen LogP) is 2.04. The number of nitrogens with zero attached hydrogens (tertiary/aromatic N) is 4. The number of carbonyl (C=O) groups is 3. The zero-order chi connectivity index (χ0) is 19.8. The van der Waals surface area contributed by atoms with Crippen LogP contribution in [0.5, 0.6) is 0 Å². The third kappa shape index (κ3) is 4.09. The van der Waals surface area contributed by atoms with Crippen molar-refractivity contribution in [3.8, 4) is 0 Å². The number of anilines is 1. The minimum absolute atomic E-state index is 0.0344. The Hall–Kier alpha value is -2.30. The van der Waals surface area contributed by atoms with Gasteiger partial charge in [0.2, 0.25) is 0 Å². The van der Waals surface area contributed by atoms with E-state index in [0.717, 1.165) is 4.90 Å². The monoisotopic (exact) mass is 431 g/mol. The van der Waals surface area contributed by atoms with Gasteiger partial charge in [0.15, 0.2) is 5.82 Å². The van der Waals surface area contributed by atoms with Crippen LogP contribution in [0.3, 0.4) is 0 Å². The SMILES string of the molecule is CN(C(=O)OC(C)(C)C)c1c(C(N)=O)c(Br)nn1C1CCN(C(=O)O)C1. The first-order chi connectivity index (χ1) is 11.9. The molecule has 0 aromatic carbocycles. The van der Waals surface area contributed by atoms with Crippen molar-refractivity contribution >= 4 is 39.8 Å². The molecular weight excluding hydrogens is 410 g/mol. The van der Waals surface area contributed by atoms with E-state index in [1.54, 1.807) is 20.8 Å². The van der Waals surface area contributed by atoms with E-state index in [1.807, 2.05) is 0 Å². The first-order valence-electron chi connectivity index (χ1n) is 7.94. The molecule has 1 aromatic rings. The fourth-order valence-corrected chi connectivity index (χ4v) is 3.26. The Balaban J connectivity index is 2.44. The summed E-state index contributed by atoms with van der Waals surface area (Å²) >= 11 is 3.20. The topological polar surface area (TPSA) is 131 Å². The van der Waals surface area contributed by atoms with E-state index in [9.17, 15) is 14.4 Å². The van der Waals surface area contributed by atoms with Crippen molar-refractivity contribution in [3.63, 3.8) is 0 Å². The smallest absolute Gasteiger partial charge is 0.415 e. The average Bonchev–Trinajstić information content (AvgIpc) is 3.08. The minimum atomic E-state index is -1.03. The first kappa shape index (κ1) is 20.0. The van der Waals surface area contributed by atoms with Gasteiger partial charge in [-0.25, -0.2) is 14.3 Å². The number of carboxylic acid groups (broad SMARTS) is 1. The molecule has 0 aliphatic carbocycles. The molecule has 1 aliphatic heterocycles. The minimum Gasteiger partial charge on any atom is -0.465 e. The van der Waals surface area contributed by atoms with Crippen LogP contribution in [0.2, 0.25) is 0 Å². The number of likely N-dealkylation sites (tertiary alicyclic amines) is 1. The number of hydrogen-bond acceptors (Lipinski definition) is 5. The number of primary amides is 1. The Kier molecular flexibility index (Phi) is 5.49. The van der Waals surface area contributed by atoms with Crippen molar-refractivity contribution in [2.24, 2.45) is 5.73 Å². The summed E-state index contributed by atoms with van der Waals surface area (Å²) in [5.41, 5.74) is 4.77. The van der Waals surface area contributed by atoms with E-state index in [1.165, 1.54) is 16.6 Å². The van der Waals surface area contributed by atoms with Crippen LogP contribution < -0.4 is 10.6 Å². The highest BCUT2D eigenvalue weighted by Gasteiger charge is 2.35. The van der Waals surface area contributed by atoms with Gasteiger partial charge in [0.25, 0.3) is 5.91 Å². The van der Waals surface area contributed by atoms with E-state index in [2.05, 4.69) is 21.0 Å². The fraction of sp³-hybridized carbons (Fsp3) is 0.600. The summed E-state index contributed by atoms with van der Waals surface area (Å²) in [6, 6.07) is -0.338. The van der Waals surface area contributed by atoms with Crippen LogP contribution in [-0.2, 0) is 4.74 Å². The van der Waals surface area contributed by atoms with Crippen molar-refractivity contribution in [1.82, 2.24) is 14.7 Å². The second-order valence-electron chi connectivity index (χ2n) is 7.01. The standard InChI is InChI=1S/C15H22BrN5O5/c1-15(2,3)26-14(25)19(4)12-9(11(17)22)10(16)18-21(12)8-5-6-20(7-8)13(23)24/h8H,5-7H2,1-4H3,(H2,17,22)(H,23,24). The Morgan fingerprint density at radius 3 is 2.46 bits per heavy atom. The van der Waals surface area contributed by atoms with Gasteiger partial charge >= 0.3 is 12.2 Å². The molecule has 0 bridgehead atoms. The molecule has 3 N–H and O–H groups in total. The zero-order valence-electron chi connectivity index (χ0n) is 15.0. The first-order valence-corrected chi connectivity index (χ1v) is 8.74. The largest absolute Gasteiger partial charge is 0.465 e. The molecule has 3 amide bonds. The van der Waals surface area contributed by atoms with Gasteiger partial charge < -0.3 is 20.5 Å². The maximum absolute atomic E-state index is 12.5. The van der Waals surface area contributed by atoms with Crippen molar-refractivity contribution in [3.05, 3.63) is 10.2 Å². The number of carbonyl (C=O) groups excluding carboxylic acids is 2. The highest BCUT2D eigenvalue weighted by Crippen LogP contribution is 2.33. The van der Waals surface area contributed by atoms with Gasteiger partial charge in [-0.15, -0.1) is 0 Å². The molecule has 0 spiro atoms. The number of nitrogens with two attached hydrogens (primary N) is 1. The molecule has 144 valence electrons. The van der Waals surface area contributed by atoms with Crippen LogP contribution in [0.15, 0.2) is 4.60 Å². The molecule has 1 fully saturated rings. The molecule has 11 heteroatoms. The summed E-state index contributed by atoms with van der Waals surface area (Å²) < 4.78 is 6.99. The number of ether oxygens (including phenoxy) is 1. The third-order valence-electron chi connectivity index (χ3n) is 3.85. The normalized spacial score (nSPS) is 17.3. The Morgan fingerprint density at radius 1 is 1.38 bits per heavy atom. The zero-order valence-corrected chi connectivity index (χ0v) is 16.6. The number of rotatable bonds is 3. The summed E-state index contributed by atoms with van der Waals surface area (Å²) in [6.45, 7) is 5.70. The molecule has 1 atom stereocenters. The number of aromatic nitrogens is 2. The molecule has 0 saturated carbocycles. The van der Waals surface area contributed by atoms with Gasteiger partial charge in [-0.05, 0) is 43.1 Å². The van der Waals surface area contributed by atoms with Crippen LogP contribution in [-0.4, -0.2) is 63.6 Å². The second kappa shape index (κ2) is 7.14. The molecule has 1 saturated heterocycles. The lowest BCUT2D eigenvalue weighted by molar-refractivity contribution is 0.0586. The summed E-state index contributed by atoms with van der Waals surface area (Å²) in [4.78, 5) is 38.0. The van der Waals surface area contributed by atoms with Crippen LogP contribution in [0, 0.1) is 0 Å². The maximum Gasteiger partial charge on any atom is 0.415 e. The summed E-state index contributed by atoms with van der Waals surface area (Å²) in [7, 11) is 1.45. The van der Waals surface area contributed by atoms with Gasteiger partial charge in [0.1, 0.15) is 15.8 Å². The molecule has 2 rings (SSSR count).